The average Bonchev–Trinajstić information content (AvgIpc) is 2.38. The summed E-state index contributed by atoms with van der Waals surface area (Å²) >= 11 is 0. The number of unbranched alkanes of at least 4 members (excludes halogenated alkanes) is 2. The Morgan fingerprint density at radius 3 is 2.60 bits per heavy atom. The molecule has 20 heavy (non-hydrogen) atoms. The first-order valence-electron chi connectivity index (χ1n) is 6.76. The Kier molecular flexibility index (Phi) is 10.5. The predicted octanol–water partition coefficient (Wildman–Crippen LogP) is 3.46. The molecule has 1 rings (SSSR count). The van der Waals surface area contributed by atoms with Crippen molar-refractivity contribution in [3.8, 4) is 0 Å². The lowest BCUT2D eigenvalue weighted by molar-refractivity contribution is 0.192. The second-order valence-corrected chi connectivity index (χ2v) is 4.74. The fourth-order valence-corrected chi connectivity index (χ4v) is 1.74. The zero-order valence-corrected chi connectivity index (χ0v) is 14.9. The van der Waals surface area contributed by atoms with Gasteiger partial charge in [-0.2, -0.15) is 0 Å². The molecule has 0 aliphatic carbocycles. The van der Waals surface area contributed by atoms with Crippen molar-refractivity contribution in [2.45, 2.75) is 33.1 Å². The van der Waals surface area contributed by atoms with Crippen LogP contribution in [-0.4, -0.2) is 26.2 Å². The third-order valence-corrected chi connectivity index (χ3v) is 3.07. The summed E-state index contributed by atoms with van der Waals surface area (Å²) in [7, 11) is 1.73. The lowest BCUT2D eigenvalue weighted by Gasteiger charge is -2.08. The minimum atomic E-state index is 0. The Morgan fingerprint density at radius 1 is 1.20 bits per heavy atom. The largest absolute Gasteiger partial charge is 0.385 e. The van der Waals surface area contributed by atoms with Gasteiger partial charge in [-0.3, -0.25) is 4.99 Å². The van der Waals surface area contributed by atoms with Crippen molar-refractivity contribution in [1.82, 2.24) is 0 Å². The maximum atomic E-state index is 5.85. The van der Waals surface area contributed by atoms with Gasteiger partial charge in [-0.25, -0.2) is 0 Å². The molecule has 0 saturated carbocycles. The number of guanidine groups is 1. The van der Waals surface area contributed by atoms with Crippen LogP contribution in [0, 0.1) is 13.8 Å². The van der Waals surface area contributed by atoms with Gasteiger partial charge < -0.3 is 15.8 Å². The maximum Gasteiger partial charge on any atom is 0.193 e. The number of hydrogen-bond acceptors (Lipinski definition) is 2. The molecular weight excluding hydrogens is 365 g/mol. The summed E-state index contributed by atoms with van der Waals surface area (Å²) in [5, 5.41) is 3.12. The fraction of sp³-hybridized carbons (Fsp3) is 0.533. The minimum absolute atomic E-state index is 0. The predicted molar refractivity (Wildman–Crippen MR) is 97.2 cm³/mol. The van der Waals surface area contributed by atoms with Crippen LogP contribution in [0.25, 0.3) is 0 Å². The highest BCUT2D eigenvalue weighted by Gasteiger charge is 1.97. The summed E-state index contributed by atoms with van der Waals surface area (Å²) in [4.78, 5) is 4.31. The molecule has 0 atom stereocenters. The topological polar surface area (TPSA) is 59.6 Å². The number of benzene rings is 1. The summed E-state index contributed by atoms with van der Waals surface area (Å²) in [5.41, 5.74) is 9.36. The monoisotopic (exact) mass is 391 g/mol. The third-order valence-electron chi connectivity index (χ3n) is 3.07. The molecule has 0 saturated heterocycles. The second kappa shape index (κ2) is 10.9. The summed E-state index contributed by atoms with van der Waals surface area (Å²) < 4.78 is 5.00. The van der Waals surface area contributed by atoms with Gasteiger partial charge in [-0.05, 0) is 56.4 Å². The van der Waals surface area contributed by atoms with Crippen molar-refractivity contribution >= 4 is 35.6 Å². The van der Waals surface area contributed by atoms with Gasteiger partial charge in [0.25, 0.3) is 0 Å². The summed E-state index contributed by atoms with van der Waals surface area (Å²) in [6.45, 7) is 5.76. The molecular formula is C15H26IN3O. The number of hydrogen-bond donors (Lipinski definition) is 2. The molecule has 1 aromatic carbocycles. The van der Waals surface area contributed by atoms with Crippen molar-refractivity contribution in [1.29, 1.82) is 0 Å². The molecule has 1 aromatic rings. The van der Waals surface area contributed by atoms with E-state index in [1.807, 2.05) is 6.07 Å². The quantitative estimate of drug-likeness (QED) is 0.324. The Balaban J connectivity index is 0.00000361. The molecule has 0 spiro atoms. The Hall–Kier alpha value is -0.820. The number of rotatable bonds is 7. The van der Waals surface area contributed by atoms with Crippen LogP contribution >= 0.6 is 24.0 Å². The summed E-state index contributed by atoms with van der Waals surface area (Å²) in [5.74, 6) is 0.481. The van der Waals surface area contributed by atoms with Gasteiger partial charge in [0.05, 0.1) is 0 Å². The first-order chi connectivity index (χ1) is 9.13. The smallest absolute Gasteiger partial charge is 0.193 e. The number of halogens is 1. The molecule has 5 heteroatoms. The normalized spacial score (nSPS) is 11.1. The van der Waals surface area contributed by atoms with E-state index < -0.39 is 0 Å². The van der Waals surface area contributed by atoms with Crippen molar-refractivity contribution in [3.63, 3.8) is 0 Å². The number of methoxy groups -OCH3 is 1. The number of nitrogens with one attached hydrogen (secondary N) is 1. The second-order valence-electron chi connectivity index (χ2n) is 4.74. The van der Waals surface area contributed by atoms with E-state index in [0.29, 0.717) is 5.96 Å². The maximum absolute atomic E-state index is 5.85. The van der Waals surface area contributed by atoms with Crippen LogP contribution in [0.4, 0.5) is 5.69 Å². The van der Waals surface area contributed by atoms with Crippen LogP contribution in [0.5, 0.6) is 0 Å². The van der Waals surface area contributed by atoms with Crippen molar-refractivity contribution in [2.24, 2.45) is 10.7 Å². The number of anilines is 1. The molecule has 0 amide bonds. The number of aliphatic imine (C=N–C) groups is 1. The van der Waals surface area contributed by atoms with Crippen LogP contribution < -0.4 is 11.1 Å². The molecule has 0 bridgehead atoms. The first-order valence-corrected chi connectivity index (χ1v) is 6.76. The summed E-state index contributed by atoms with van der Waals surface area (Å²) in [6, 6.07) is 6.18. The van der Waals surface area contributed by atoms with Crippen molar-refractivity contribution in [2.75, 3.05) is 25.6 Å². The van der Waals surface area contributed by atoms with E-state index in [2.05, 4.69) is 36.3 Å². The standard InChI is InChI=1S/C15H25N3O.HI/c1-12-7-8-14(11-13(12)2)18-15(16)17-9-5-4-6-10-19-3;/h7-8,11H,4-6,9-10H2,1-3H3,(H3,16,17,18);1H. The van der Waals surface area contributed by atoms with Crippen LogP contribution in [0.3, 0.4) is 0 Å². The number of nitrogens with two attached hydrogens (primary N) is 1. The lowest BCUT2D eigenvalue weighted by Crippen LogP contribution is -2.22. The van der Waals surface area contributed by atoms with E-state index in [4.69, 9.17) is 10.5 Å². The number of nitrogens with zero attached hydrogens (tertiary/aromatic N) is 1. The lowest BCUT2D eigenvalue weighted by atomic mass is 10.1. The number of ether oxygens (including phenoxy) is 1. The molecule has 0 aliphatic rings. The van der Waals surface area contributed by atoms with Gasteiger partial charge in [0.1, 0.15) is 0 Å². The van der Waals surface area contributed by atoms with E-state index in [0.717, 1.165) is 38.1 Å². The van der Waals surface area contributed by atoms with Crippen LogP contribution in [0.1, 0.15) is 30.4 Å². The Bertz CT molecular complexity index is 422. The molecule has 3 N–H and O–H groups in total. The van der Waals surface area contributed by atoms with Crippen LogP contribution in [0.2, 0.25) is 0 Å². The molecule has 4 nitrogen and oxygen atoms in total. The minimum Gasteiger partial charge on any atom is -0.385 e. The molecule has 114 valence electrons. The fourth-order valence-electron chi connectivity index (χ4n) is 1.74. The SMILES string of the molecule is COCCCCCN=C(N)Nc1ccc(C)c(C)c1.I. The third kappa shape index (κ3) is 7.69. The van der Waals surface area contributed by atoms with Gasteiger partial charge in [-0.1, -0.05) is 6.07 Å². The van der Waals surface area contributed by atoms with Crippen LogP contribution in [0.15, 0.2) is 23.2 Å². The highest BCUT2D eigenvalue weighted by atomic mass is 127. The first kappa shape index (κ1) is 19.2. The molecule has 0 aromatic heterocycles. The molecule has 0 radical (unpaired) electrons. The zero-order chi connectivity index (χ0) is 14.1. The van der Waals surface area contributed by atoms with Gasteiger partial charge in [0.2, 0.25) is 0 Å². The van der Waals surface area contributed by atoms with Crippen molar-refractivity contribution in [3.05, 3.63) is 29.3 Å². The highest BCUT2D eigenvalue weighted by molar-refractivity contribution is 14.0. The number of aryl methyl sites for hydroxylation is 2. The van der Waals surface area contributed by atoms with Gasteiger partial charge in [0, 0.05) is 25.9 Å². The molecule has 0 aliphatic heterocycles. The van der Waals surface area contributed by atoms with E-state index in [9.17, 15) is 0 Å². The van der Waals surface area contributed by atoms with Gasteiger partial charge in [-0.15, -0.1) is 24.0 Å². The Morgan fingerprint density at radius 2 is 1.95 bits per heavy atom. The van der Waals surface area contributed by atoms with Crippen molar-refractivity contribution < 1.29 is 4.74 Å². The molecule has 0 heterocycles. The van der Waals surface area contributed by atoms with E-state index in [-0.39, 0.29) is 24.0 Å². The van der Waals surface area contributed by atoms with E-state index >= 15 is 0 Å². The highest BCUT2D eigenvalue weighted by Crippen LogP contribution is 2.13. The zero-order valence-electron chi connectivity index (χ0n) is 12.6. The van der Waals surface area contributed by atoms with Crippen LogP contribution in [-0.2, 0) is 4.74 Å². The Labute approximate surface area is 139 Å². The van der Waals surface area contributed by atoms with E-state index in [1.165, 1.54) is 11.1 Å². The van der Waals surface area contributed by atoms with Gasteiger partial charge in [0.15, 0.2) is 5.96 Å². The molecule has 0 unspecified atom stereocenters. The van der Waals surface area contributed by atoms with E-state index in [1.54, 1.807) is 7.11 Å². The van der Waals surface area contributed by atoms with Gasteiger partial charge >= 0.3 is 0 Å². The average molecular weight is 391 g/mol. The molecule has 0 fully saturated rings. The summed E-state index contributed by atoms with van der Waals surface area (Å²) in [6.07, 6.45) is 3.24.